The minimum atomic E-state index is 0.698. The maximum Gasteiger partial charge on any atom is -0.000698 e. The van der Waals surface area contributed by atoms with Crippen molar-refractivity contribution >= 4 is 0 Å². The summed E-state index contributed by atoms with van der Waals surface area (Å²) in [5, 5.41) is 0. The number of hydrogen-bond acceptors (Lipinski definition) is 0. The number of rotatable bonds is 3. The van der Waals surface area contributed by atoms with Crippen LogP contribution in [0.4, 0.5) is 0 Å². The van der Waals surface area contributed by atoms with Gasteiger partial charge in [-0.2, -0.15) is 0 Å². The molecule has 0 aromatic heterocycles. The van der Waals surface area contributed by atoms with Gasteiger partial charge in [-0.1, -0.05) is 43.6 Å². The molecule has 0 aromatic rings. The van der Waals surface area contributed by atoms with E-state index in [9.17, 15) is 0 Å². The van der Waals surface area contributed by atoms with Crippen molar-refractivity contribution in [2.24, 2.45) is 29.6 Å². The maximum absolute atomic E-state index is 3.45. The van der Waals surface area contributed by atoms with E-state index in [1.807, 2.05) is 0 Å². The Balaban J connectivity index is 1.52. The molecule has 138 valence electrons. The van der Waals surface area contributed by atoms with Gasteiger partial charge in [-0.05, 0) is 117 Å². The summed E-state index contributed by atoms with van der Waals surface area (Å²) in [6.07, 6.45) is 17.7. The van der Waals surface area contributed by atoms with Crippen molar-refractivity contribution < 1.29 is 0 Å². The van der Waals surface area contributed by atoms with Crippen LogP contribution in [-0.4, -0.2) is 0 Å². The van der Waals surface area contributed by atoms with Gasteiger partial charge >= 0.3 is 0 Å². The van der Waals surface area contributed by atoms with Crippen LogP contribution in [0.3, 0.4) is 0 Å². The molecule has 3 aliphatic carbocycles. The van der Waals surface area contributed by atoms with E-state index in [2.05, 4.69) is 47.9 Å². The molecule has 2 unspecified atom stereocenters. The Kier molecular flexibility index (Phi) is 7.33. The van der Waals surface area contributed by atoms with Crippen molar-refractivity contribution in [2.75, 3.05) is 0 Å². The molecule has 3 rings (SSSR count). The first-order valence-corrected chi connectivity index (χ1v) is 10.9. The molecule has 2 atom stereocenters. The van der Waals surface area contributed by atoms with E-state index in [1.165, 1.54) is 82.6 Å². The van der Waals surface area contributed by atoms with Crippen molar-refractivity contribution in [1.82, 2.24) is 0 Å². The molecule has 0 saturated heterocycles. The normalized spacial score (nSPS) is 31.6. The van der Waals surface area contributed by atoms with Crippen LogP contribution in [0.5, 0.6) is 0 Å². The second-order valence-corrected chi connectivity index (χ2v) is 8.83. The molecule has 0 N–H and O–H groups in total. The topological polar surface area (TPSA) is 0 Å². The number of hydrogen-bond donors (Lipinski definition) is 0. The third-order valence-electron chi connectivity index (χ3n) is 7.42. The minimum Gasteiger partial charge on any atom is -0.0687 e. The quantitative estimate of drug-likeness (QED) is 0.470. The van der Waals surface area contributed by atoms with E-state index in [-0.39, 0.29) is 0 Å². The Morgan fingerprint density at radius 1 is 0.654 bits per heavy atom. The second-order valence-electron chi connectivity index (χ2n) is 8.83. The molecule has 26 heavy (non-hydrogen) atoms. The van der Waals surface area contributed by atoms with Gasteiger partial charge in [0.15, 0.2) is 0 Å². The predicted octanol–water partition coefficient (Wildman–Crippen LogP) is 7.30. The Morgan fingerprint density at radius 3 is 1.92 bits per heavy atom. The molecular formula is C26H34. The van der Waals surface area contributed by atoms with Gasteiger partial charge in [-0.15, -0.1) is 0 Å². The maximum atomic E-state index is 3.45. The molecular weight excluding hydrogens is 312 g/mol. The summed E-state index contributed by atoms with van der Waals surface area (Å²) in [4.78, 5) is 0. The molecule has 3 aliphatic rings. The SMILES string of the molecule is C=C=C=C=C=C=C=C(C)C1CCC(C2CCC(C3CCCCC3)CC2)C1. The van der Waals surface area contributed by atoms with Gasteiger partial charge in [-0.25, -0.2) is 0 Å². The predicted molar refractivity (Wildman–Crippen MR) is 109 cm³/mol. The molecule has 0 aromatic carbocycles. The first kappa shape index (κ1) is 19.2. The van der Waals surface area contributed by atoms with Crippen molar-refractivity contribution in [2.45, 2.75) is 84.0 Å². The first-order valence-electron chi connectivity index (χ1n) is 10.9. The third-order valence-corrected chi connectivity index (χ3v) is 7.42. The molecule has 3 fully saturated rings. The van der Waals surface area contributed by atoms with Gasteiger partial charge < -0.3 is 0 Å². The van der Waals surface area contributed by atoms with E-state index >= 15 is 0 Å². The molecule has 0 amide bonds. The van der Waals surface area contributed by atoms with Gasteiger partial charge in [0.2, 0.25) is 0 Å². The fraction of sp³-hybridized carbons (Fsp3) is 0.692. The van der Waals surface area contributed by atoms with Gasteiger partial charge in [0.1, 0.15) is 0 Å². The van der Waals surface area contributed by atoms with Gasteiger partial charge in [0.25, 0.3) is 0 Å². The molecule has 0 nitrogen and oxygen atoms in total. The summed E-state index contributed by atoms with van der Waals surface area (Å²) in [6, 6.07) is 0. The standard InChI is InChI=1S/C26H34/c1-3-4-5-6-8-11-21(2)25-18-19-26(20-25)24-16-14-23(15-17-24)22-12-9-7-10-13-22/h22-26H,1,7,9-10,12-20H2,2H3. The highest BCUT2D eigenvalue weighted by Crippen LogP contribution is 2.47. The first-order chi connectivity index (χ1) is 12.8. The highest BCUT2D eigenvalue weighted by atomic mass is 14.4. The van der Waals surface area contributed by atoms with Gasteiger partial charge in [-0.3, -0.25) is 0 Å². The highest BCUT2D eigenvalue weighted by Gasteiger charge is 2.35. The summed E-state index contributed by atoms with van der Waals surface area (Å²) in [5.74, 6) is 4.77. The third kappa shape index (κ3) is 5.21. The van der Waals surface area contributed by atoms with Crippen LogP contribution in [0.1, 0.15) is 84.0 Å². The zero-order valence-corrected chi connectivity index (χ0v) is 16.6. The van der Waals surface area contributed by atoms with Crippen LogP contribution >= 0.6 is 0 Å². The number of allylic oxidation sites excluding steroid dienone is 1. The van der Waals surface area contributed by atoms with E-state index in [4.69, 9.17) is 0 Å². The van der Waals surface area contributed by atoms with Crippen LogP contribution in [0.15, 0.2) is 46.5 Å². The highest BCUT2D eigenvalue weighted by molar-refractivity contribution is 5.06. The minimum absolute atomic E-state index is 0.698. The summed E-state index contributed by atoms with van der Waals surface area (Å²) < 4.78 is 0. The molecule has 0 bridgehead atoms. The molecule has 0 heteroatoms. The van der Waals surface area contributed by atoms with E-state index in [0.29, 0.717) is 5.92 Å². The Bertz CT molecular complexity index is 687. The molecule has 0 spiro atoms. The van der Waals surface area contributed by atoms with Crippen molar-refractivity contribution in [3.05, 3.63) is 46.5 Å². The molecule has 0 aliphatic heterocycles. The zero-order chi connectivity index (χ0) is 18.2. The van der Waals surface area contributed by atoms with Crippen LogP contribution in [0.2, 0.25) is 0 Å². The monoisotopic (exact) mass is 346 g/mol. The fourth-order valence-electron chi connectivity index (χ4n) is 5.87. The van der Waals surface area contributed by atoms with Gasteiger partial charge in [0, 0.05) is 0 Å². The Morgan fingerprint density at radius 2 is 1.23 bits per heavy atom. The van der Waals surface area contributed by atoms with Crippen molar-refractivity contribution in [3.63, 3.8) is 0 Å². The zero-order valence-electron chi connectivity index (χ0n) is 16.6. The summed E-state index contributed by atoms with van der Waals surface area (Å²) in [5.41, 5.74) is 18.2. The molecule has 3 saturated carbocycles. The van der Waals surface area contributed by atoms with Crippen LogP contribution < -0.4 is 0 Å². The lowest BCUT2D eigenvalue weighted by atomic mass is 9.68. The van der Waals surface area contributed by atoms with E-state index in [0.717, 1.165) is 23.7 Å². The second kappa shape index (κ2) is 9.94. The van der Waals surface area contributed by atoms with Gasteiger partial charge in [0.05, 0.1) is 0 Å². The smallest absolute Gasteiger partial charge is 0.000698 e. The van der Waals surface area contributed by atoms with Crippen LogP contribution in [0, 0.1) is 29.6 Å². The molecule has 0 heterocycles. The fourth-order valence-corrected chi connectivity index (χ4v) is 5.87. The van der Waals surface area contributed by atoms with E-state index < -0.39 is 0 Å². The molecule has 0 radical (unpaired) electrons. The Labute approximate surface area is 160 Å². The summed E-state index contributed by atoms with van der Waals surface area (Å²) in [6.45, 7) is 5.65. The lowest BCUT2D eigenvalue weighted by molar-refractivity contribution is 0.139. The van der Waals surface area contributed by atoms with Crippen molar-refractivity contribution in [3.8, 4) is 0 Å². The average molecular weight is 347 g/mol. The van der Waals surface area contributed by atoms with E-state index in [1.54, 1.807) is 0 Å². The lowest BCUT2D eigenvalue weighted by Crippen LogP contribution is -2.26. The van der Waals surface area contributed by atoms with Crippen molar-refractivity contribution in [1.29, 1.82) is 0 Å². The van der Waals surface area contributed by atoms with Crippen LogP contribution in [-0.2, 0) is 0 Å². The summed E-state index contributed by atoms with van der Waals surface area (Å²) in [7, 11) is 0. The average Bonchev–Trinajstić information content (AvgIpc) is 3.19. The van der Waals surface area contributed by atoms with Crippen LogP contribution in [0.25, 0.3) is 0 Å². The summed E-state index contributed by atoms with van der Waals surface area (Å²) >= 11 is 0. The lowest BCUT2D eigenvalue weighted by Gasteiger charge is -2.37. The largest absolute Gasteiger partial charge is 0.0687 e. The Hall–Kier alpha value is -1.58.